The molecule has 2 fully saturated rings. The van der Waals surface area contributed by atoms with Crippen molar-refractivity contribution in [3.63, 3.8) is 0 Å². The van der Waals surface area contributed by atoms with Crippen LogP contribution in [-0.2, 0) is 21.0 Å². The zero-order valence-corrected chi connectivity index (χ0v) is 21.2. The number of piperidine rings is 1. The van der Waals surface area contributed by atoms with Crippen LogP contribution < -0.4 is 10.1 Å². The Bertz CT molecular complexity index is 1120. The molecule has 5 rings (SSSR count). The first kappa shape index (κ1) is 24.3. The van der Waals surface area contributed by atoms with Gasteiger partial charge in [0.1, 0.15) is 11.9 Å². The summed E-state index contributed by atoms with van der Waals surface area (Å²) in [5.41, 5.74) is 2.20. The predicted molar refractivity (Wildman–Crippen MR) is 138 cm³/mol. The van der Waals surface area contributed by atoms with Crippen LogP contribution in [0.3, 0.4) is 0 Å². The van der Waals surface area contributed by atoms with Crippen molar-refractivity contribution in [1.29, 1.82) is 0 Å². The van der Waals surface area contributed by atoms with Crippen molar-refractivity contribution in [3.05, 3.63) is 65.7 Å². The average molecular weight is 490 g/mol. The summed E-state index contributed by atoms with van der Waals surface area (Å²) in [6.45, 7) is 3.70. The summed E-state index contributed by atoms with van der Waals surface area (Å²) in [6, 6.07) is 17.8. The second kappa shape index (κ2) is 9.96. The van der Waals surface area contributed by atoms with E-state index in [0.29, 0.717) is 45.3 Å². The number of nitrogens with one attached hydrogen (secondary N) is 1. The standard InChI is InChI=1S/C29H35N3O4/c1-28(12-13-28)27(34)32-16-14-29(15-17-32,26(33)30-20-21-8-10-23(35-2)11-9-21)19-24-18-25(31-36-24)22-6-4-3-5-7-22/h3-11,24H,12-20H2,1-2H3,(H,30,33). The Hall–Kier alpha value is -3.35. The largest absolute Gasteiger partial charge is 0.497 e. The van der Waals surface area contributed by atoms with E-state index in [1.807, 2.05) is 66.4 Å². The number of hydrogen-bond acceptors (Lipinski definition) is 5. The third kappa shape index (κ3) is 5.11. The van der Waals surface area contributed by atoms with Crippen molar-refractivity contribution in [2.75, 3.05) is 20.2 Å². The number of methoxy groups -OCH3 is 1. The summed E-state index contributed by atoms with van der Waals surface area (Å²) in [6.07, 6.45) is 4.29. The number of rotatable bonds is 8. The smallest absolute Gasteiger partial charge is 0.228 e. The first-order chi connectivity index (χ1) is 17.4. The summed E-state index contributed by atoms with van der Waals surface area (Å²) in [5, 5.41) is 7.52. The van der Waals surface area contributed by atoms with Crippen LogP contribution in [0.2, 0.25) is 0 Å². The molecule has 36 heavy (non-hydrogen) atoms. The lowest BCUT2D eigenvalue weighted by Crippen LogP contribution is -2.52. The summed E-state index contributed by atoms with van der Waals surface area (Å²) >= 11 is 0. The van der Waals surface area contributed by atoms with Gasteiger partial charge in [0.25, 0.3) is 0 Å². The molecule has 2 aliphatic heterocycles. The van der Waals surface area contributed by atoms with Crippen molar-refractivity contribution in [3.8, 4) is 5.75 Å². The lowest BCUT2D eigenvalue weighted by atomic mass is 9.72. The van der Waals surface area contributed by atoms with Gasteiger partial charge in [-0.15, -0.1) is 0 Å². The SMILES string of the molecule is COc1ccc(CNC(=O)C2(CC3CC(c4ccccc4)=NO3)CCN(C(=O)C3(C)CC3)CC2)cc1. The highest BCUT2D eigenvalue weighted by Crippen LogP contribution is 2.48. The van der Waals surface area contributed by atoms with Gasteiger partial charge in [0.15, 0.2) is 0 Å². The van der Waals surface area contributed by atoms with E-state index >= 15 is 0 Å². The fourth-order valence-corrected chi connectivity index (χ4v) is 5.33. The Morgan fingerprint density at radius 3 is 2.39 bits per heavy atom. The maximum atomic E-state index is 13.7. The third-order valence-corrected chi connectivity index (χ3v) is 8.08. The van der Waals surface area contributed by atoms with Gasteiger partial charge in [-0.05, 0) is 48.9 Å². The van der Waals surface area contributed by atoms with Crippen molar-refractivity contribution >= 4 is 17.5 Å². The van der Waals surface area contributed by atoms with E-state index in [1.54, 1.807) is 7.11 Å². The number of carbonyl (C=O) groups excluding carboxylic acids is 2. The molecule has 2 aromatic rings. The number of hydrogen-bond donors (Lipinski definition) is 1. The fourth-order valence-electron chi connectivity index (χ4n) is 5.33. The van der Waals surface area contributed by atoms with Crippen LogP contribution in [0.25, 0.3) is 0 Å². The average Bonchev–Trinajstić information content (AvgIpc) is 3.51. The van der Waals surface area contributed by atoms with E-state index in [2.05, 4.69) is 10.5 Å². The number of oxime groups is 1. The Kier molecular flexibility index (Phi) is 6.73. The zero-order chi connectivity index (χ0) is 25.2. The topological polar surface area (TPSA) is 80.2 Å². The van der Waals surface area contributed by atoms with Crippen LogP contribution in [-0.4, -0.2) is 48.7 Å². The maximum absolute atomic E-state index is 13.7. The second-order valence-electron chi connectivity index (χ2n) is 10.7. The minimum Gasteiger partial charge on any atom is -0.497 e. The molecule has 2 heterocycles. The van der Waals surface area contributed by atoms with E-state index in [-0.39, 0.29) is 23.3 Å². The predicted octanol–water partition coefficient (Wildman–Crippen LogP) is 4.30. The molecular formula is C29H35N3O4. The highest BCUT2D eigenvalue weighted by molar-refractivity contribution is 6.01. The molecule has 2 aromatic carbocycles. The fraction of sp³-hybridized carbons (Fsp3) is 0.483. The van der Waals surface area contributed by atoms with Gasteiger partial charge in [-0.25, -0.2) is 0 Å². The zero-order valence-electron chi connectivity index (χ0n) is 21.2. The van der Waals surface area contributed by atoms with Crippen molar-refractivity contribution in [2.45, 2.75) is 58.1 Å². The highest BCUT2D eigenvalue weighted by atomic mass is 16.6. The third-order valence-electron chi connectivity index (χ3n) is 8.08. The number of amides is 2. The summed E-state index contributed by atoms with van der Waals surface area (Å²) in [5.74, 6) is 1.05. The molecular weight excluding hydrogens is 454 g/mol. The van der Waals surface area contributed by atoms with Crippen molar-refractivity contribution in [1.82, 2.24) is 10.2 Å². The first-order valence-corrected chi connectivity index (χ1v) is 12.9. The van der Waals surface area contributed by atoms with Crippen molar-refractivity contribution < 1.29 is 19.2 Å². The molecule has 0 bridgehead atoms. The van der Waals surface area contributed by atoms with E-state index in [0.717, 1.165) is 35.4 Å². The molecule has 1 N–H and O–H groups in total. The van der Waals surface area contributed by atoms with Crippen LogP contribution in [0, 0.1) is 10.8 Å². The maximum Gasteiger partial charge on any atom is 0.228 e. The van der Waals surface area contributed by atoms with Crippen LogP contribution in [0.5, 0.6) is 5.75 Å². The number of likely N-dealkylation sites (tertiary alicyclic amines) is 1. The Balaban J connectivity index is 1.27. The van der Waals surface area contributed by atoms with Crippen LogP contribution in [0.1, 0.15) is 56.6 Å². The Morgan fingerprint density at radius 2 is 1.75 bits per heavy atom. The summed E-state index contributed by atoms with van der Waals surface area (Å²) in [4.78, 5) is 34.5. The van der Waals surface area contributed by atoms with Gasteiger partial charge in [-0.3, -0.25) is 9.59 Å². The normalized spacial score (nSPS) is 21.8. The van der Waals surface area contributed by atoms with Gasteiger partial charge in [0.2, 0.25) is 11.8 Å². The van der Waals surface area contributed by atoms with Gasteiger partial charge >= 0.3 is 0 Å². The minimum absolute atomic E-state index is 0.0276. The number of benzene rings is 2. The molecule has 1 saturated carbocycles. The van der Waals surface area contributed by atoms with E-state index in [4.69, 9.17) is 9.57 Å². The molecule has 0 radical (unpaired) electrons. The summed E-state index contributed by atoms with van der Waals surface area (Å²) < 4.78 is 5.23. The number of ether oxygens (including phenoxy) is 1. The molecule has 3 aliphatic rings. The Morgan fingerprint density at radius 1 is 1.06 bits per heavy atom. The van der Waals surface area contributed by atoms with Crippen LogP contribution in [0.4, 0.5) is 0 Å². The van der Waals surface area contributed by atoms with E-state index in [1.165, 1.54) is 0 Å². The Labute approximate surface area is 212 Å². The molecule has 1 aliphatic carbocycles. The van der Waals surface area contributed by atoms with Crippen LogP contribution >= 0.6 is 0 Å². The lowest BCUT2D eigenvalue weighted by Gasteiger charge is -2.42. The molecule has 2 amide bonds. The monoisotopic (exact) mass is 489 g/mol. The van der Waals surface area contributed by atoms with E-state index in [9.17, 15) is 9.59 Å². The van der Waals surface area contributed by atoms with E-state index < -0.39 is 5.41 Å². The first-order valence-electron chi connectivity index (χ1n) is 12.9. The van der Waals surface area contributed by atoms with Gasteiger partial charge < -0.3 is 19.8 Å². The molecule has 1 atom stereocenters. The molecule has 7 nitrogen and oxygen atoms in total. The summed E-state index contributed by atoms with van der Waals surface area (Å²) in [7, 11) is 1.64. The second-order valence-corrected chi connectivity index (χ2v) is 10.7. The van der Waals surface area contributed by atoms with Crippen LogP contribution in [0.15, 0.2) is 59.8 Å². The van der Waals surface area contributed by atoms with Crippen molar-refractivity contribution in [2.24, 2.45) is 16.0 Å². The molecule has 1 saturated heterocycles. The molecule has 7 heteroatoms. The minimum atomic E-state index is -0.597. The molecule has 0 spiro atoms. The number of nitrogens with zero attached hydrogens (tertiary/aromatic N) is 2. The number of carbonyl (C=O) groups is 2. The van der Waals surface area contributed by atoms with Gasteiger partial charge in [-0.1, -0.05) is 54.5 Å². The highest BCUT2D eigenvalue weighted by Gasteiger charge is 2.50. The van der Waals surface area contributed by atoms with Gasteiger partial charge in [-0.2, -0.15) is 0 Å². The van der Waals surface area contributed by atoms with Gasteiger partial charge in [0, 0.05) is 37.9 Å². The lowest BCUT2D eigenvalue weighted by molar-refractivity contribution is -0.145. The van der Waals surface area contributed by atoms with Gasteiger partial charge in [0.05, 0.1) is 18.2 Å². The molecule has 190 valence electrons. The quantitative estimate of drug-likeness (QED) is 0.600. The molecule has 1 unspecified atom stereocenters. The molecule has 0 aromatic heterocycles.